The SMILES string of the molecule is Cc1ccc(C(=O)Oc2ccc(/C=N\NC(=O)c3ccc(Cl)cc3)cc2)cc1. The van der Waals surface area contributed by atoms with Crippen molar-refractivity contribution in [3.05, 3.63) is 100 Å². The van der Waals surface area contributed by atoms with Crippen LogP contribution in [0.4, 0.5) is 0 Å². The second-order valence-corrected chi connectivity index (χ2v) is 6.47. The van der Waals surface area contributed by atoms with Crippen molar-refractivity contribution < 1.29 is 14.3 Å². The van der Waals surface area contributed by atoms with Gasteiger partial charge in [0.1, 0.15) is 5.75 Å². The highest BCUT2D eigenvalue weighted by atomic mass is 35.5. The third-order valence-electron chi connectivity index (χ3n) is 3.86. The number of halogens is 1. The van der Waals surface area contributed by atoms with Crippen LogP contribution in [-0.4, -0.2) is 18.1 Å². The normalized spacial score (nSPS) is 10.6. The molecule has 0 unspecified atom stereocenters. The zero-order valence-corrected chi connectivity index (χ0v) is 15.8. The summed E-state index contributed by atoms with van der Waals surface area (Å²) in [5.41, 5.74) is 5.20. The third-order valence-corrected chi connectivity index (χ3v) is 4.12. The number of benzene rings is 3. The minimum atomic E-state index is -0.420. The average molecular weight is 393 g/mol. The Morgan fingerprint density at radius 3 is 2.14 bits per heavy atom. The fourth-order valence-electron chi connectivity index (χ4n) is 2.31. The molecule has 6 heteroatoms. The Morgan fingerprint density at radius 1 is 0.893 bits per heavy atom. The Labute approximate surface area is 167 Å². The van der Waals surface area contributed by atoms with E-state index in [0.717, 1.165) is 11.1 Å². The van der Waals surface area contributed by atoms with Gasteiger partial charge in [0, 0.05) is 10.6 Å². The van der Waals surface area contributed by atoms with Gasteiger partial charge >= 0.3 is 5.97 Å². The topological polar surface area (TPSA) is 67.8 Å². The number of ether oxygens (including phenoxy) is 1. The molecule has 0 radical (unpaired) electrons. The first-order valence-electron chi connectivity index (χ1n) is 8.49. The Balaban J connectivity index is 1.55. The lowest BCUT2D eigenvalue weighted by Gasteiger charge is -2.05. The largest absolute Gasteiger partial charge is 0.423 e. The van der Waals surface area contributed by atoms with Crippen LogP contribution < -0.4 is 10.2 Å². The number of carbonyl (C=O) groups excluding carboxylic acids is 2. The van der Waals surface area contributed by atoms with Crippen LogP contribution in [0.1, 0.15) is 31.8 Å². The molecule has 1 N–H and O–H groups in total. The summed E-state index contributed by atoms with van der Waals surface area (Å²) in [6, 6.07) is 20.4. The second-order valence-electron chi connectivity index (χ2n) is 6.03. The summed E-state index contributed by atoms with van der Waals surface area (Å²) in [7, 11) is 0. The van der Waals surface area contributed by atoms with E-state index in [0.29, 0.717) is 21.9 Å². The summed E-state index contributed by atoms with van der Waals surface area (Å²) in [4.78, 5) is 24.1. The van der Waals surface area contributed by atoms with Gasteiger partial charge in [0.15, 0.2) is 0 Å². The smallest absolute Gasteiger partial charge is 0.343 e. The highest BCUT2D eigenvalue weighted by molar-refractivity contribution is 6.30. The van der Waals surface area contributed by atoms with Crippen molar-refractivity contribution >= 4 is 29.7 Å². The molecule has 0 aliphatic rings. The maximum absolute atomic E-state index is 12.1. The highest BCUT2D eigenvalue weighted by Gasteiger charge is 2.08. The molecule has 5 nitrogen and oxygen atoms in total. The van der Waals surface area contributed by atoms with E-state index in [1.54, 1.807) is 60.7 Å². The lowest BCUT2D eigenvalue weighted by molar-refractivity contribution is 0.0734. The average Bonchev–Trinajstić information content (AvgIpc) is 2.70. The summed E-state index contributed by atoms with van der Waals surface area (Å²) < 4.78 is 5.34. The summed E-state index contributed by atoms with van der Waals surface area (Å²) in [5.74, 6) is -0.332. The standard InChI is InChI=1S/C22H17ClN2O3/c1-15-2-6-18(7-3-15)22(27)28-20-12-4-16(5-13-20)14-24-25-21(26)17-8-10-19(23)11-9-17/h2-14H,1H3,(H,25,26)/b24-14-. The molecule has 0 saturated carbocycles. The molecule has 1 amide bonds. The molecular formula is C22H17ClN2O3. The number of hydrazone groups is 1. The van der Waals surface area contributed by atoms with E-state index in [1.807, 2.05) is 19.1 Å². The Hall–Kier alpha value is -3.44. The van der Waals surface area contributed by atoms with Crippen LogP contribution in [0.2, 0.25) is 5.02 Å². The molecule has 0 bridgehead atoms. The summed E-state index contributed by atoms with van der Waals surface area (Å²) in [6.45, 7) is 1.95. The number of esters is 1. The summed E-state index contributed by atoms with van der Waals surface area (Å²) in [6.07, 6.45) is 1.50. The Kier molecular flexibility index (Phi) is 6.19. The maximum Gasteiger partial charge on any atom is 0.343 e. The molecule has 0 spiro atoms. The highest BCUT2D eigenvalue weighted by Crippen LogP contribution is 2.14. The van der Waals surface area contributed by atoms with Crippen molar-refractivity contribution in [2.45, 2.75) is 6.92 Å². The first kappa shape index (κ1) is 19.3. The van der Waals surface area contributed by atoms with Crippen LogP contribution in [0.3, 0.4) is 0 Å². The molecule has 0 aromatic heterocycles. The fraction of sp³-hybridized carbons (Fsp3) is 0.0455. The van der Waals surface area contributed by atoms with E-state index in [9.17, 15) is 9.59 Å². The minimum absolute atomic E-state index is 0.337. The lowest BCUT2D eigenvalue weighted by atomic mass is 10.1. The molecule has 0 fully saturated rings. The molecule has 140 valence electrons. The third kappa shape index (κ3) is 5.28. The Bertz CT molecular complexity index is 995. The van der Waals surface area contributed by atoms with Crippen LogP contribution in [0.25, 0.3) is 0 Å². The van der Waals surface area contributed by atoms with E-state index in [4.69, 9.17) is 16.3 Å². The van der Waals surface area contributed by atoms with Gasteiger partial charge in [0.2, 0.25) is 0 Å². The first-order valence-corrected chi connectivity index (χ1v) is 8.87. The van der Waals surface area contributed by atoms with Gasteiger partial charge < -0.3 is 4.74 Å². The van der Waals surface area contributed by atoms with Gasteiger partial charge in [-0.15, -0.1) is 0 Å². The second kappa shape index (κ2) is 8.97. The number of aryl methyl sites for hydroxylation is 1. The predicted octanol–water partition coefficient (Wildman–Crippen LogP) is 4.63. The van der Waals surface area contributed by atoms with Gasteiger partial charge in [-0.1, -0.05) is 29.3 Å². The van der Waals surface area contributed by atoms with Crippen LogP contribution >= 0.6 is 11.6 Å². The zero-order chi connectivity index (χ0) is 19.9. The van der Waals surface area contributed by atoms with E-state index in [2.05, 4.69) is 10.5 Å². The molecule has 0 aliphatic carbocycles. The van der Waals surface area contributed by atoms with Crippen molar-refractivity contribution in [1.29, 1.82) is 0 Å². The molecule has 0 heterocycles. The fourth-order valence-corrected chi connectivity index (χ4v) is 2.43. The van der Waals surface area contributed by atoms with Crippen molar-refractivity contribution in [1.82, 2.24) is 5.43 Å². The molecule has 0 saturated heterocycles. The monoisotopic (exact) mass is 392 g/mol. The van der Waals surface area contributed by atoms with Crippen LogP contribution in [-0.2, 0) is 0 Å². The van der Waals surface area contributed by atoms with Gasteiger partial charge in [0.25, 0.3) is 5.91 Å². The van der Waals surface area contributed by atoms with E-state index >= 15 is 0 Å². The first-order chi connectivity index (χ1) is 13.5. The number of nitrogens with one attached hydrogen (secondary N) is 1. The quantitative estimate of drug-likeness (QED) is 0.298. The summed E-state index contributed by atoms with van der Waals surface area (Å²) >= 11 is 5.79. The number of amides is 1. The molecule has 3 aromatic carbocycles. The van der Waals surface area contributed by atoms with Crippen molar-refractivity contribution in [2.24, 2.45) is 5.10 Å². The van der Waals surface area contributed by atoms with Crippen molar-refractivity contribution in [2.75, 3.05) is 0 Å². The van der Waals surface area contributed by atoms with Crippen LogP contribution in [0.5, 0.6) is 5.75 Å². The Morgan fingerprint density at radius 2 is 1.50 bits per heavy atom. The number of hydrogen-bond acceptors (Lipinski definition) is 4. The summed E-state index contributed by atoms with van der Waals surface area (Å²) in [5, 5.41) is 4.48. The lowest BCUT2D eigenvalue weighted by Crippen LogP contribution is -2.17. The van der Waals surface area contributed by atoms with E-state index < -0.39 is 5.97 Å². The molecule has 3 aromatic rings. The zero-order valence-electron chi connectivity index (χ0n) is 15.1. The van der Waals surface area contributed by atoms with Gasteiger partial charge in [-0.2, -0.15) is 5.10 Å². The number of hydrogen-bond donors (Lipinski definition) is 1. The molecule has 0 atom stereocenters. The molecular weight excluding hydrogens is 376 g/mol. The number of carbonyl (C=O) groups is 2. The van der Waals surface area contributed by atoms with Crippen molar-refractivity contribution in [3.8, 4) is 5.75 Å². The van der Waals surface area contributed by atoms with Gasteiger partial charge in [0.05, 0.1) is 11.8 Å². The maximum atomic E-state index is 12.1. The number of nitrogens with zero attached hydrogens (tertiary/aromatic N) is 1. The van der Waals surface area contributed by atoms with Gasteiger partial charge in [-0.25, -0.2) is 10.2 Å². The molecule has 3 rings (SSSR count). The van der Waals surface area contributed by atoms with Gasteiger partial charge in [-0.05, 0) is 73.2 Å². The number of rotatable bonds is 5. The minimum Gasteiger partial charge on any atom is -0.423 e. The predicted molar refractivity (Wildman–Crippen MR) is 109 cm³/mol. The van der Waals surface area contributed by atoms with Gasteiger partial charge in [-0.3, -0.25) is 4.79 Å². The molecule has 28 heavy (non-hydrogen) atoms. The van der Waals surface area contributed by atoms with Crippen molar-refractivity contribution in [3.63, 3.8) is 0 Å². The van der Waals surface area contributed by atoms with E-state index in [-0.39, 0.29) is 5.91 Å². The molecule has 0 aliphatic heterocycles. The van der Waals surface area contributed by atoms with Crippen LogP contribution in [0, 0.1) is 6.92 Å². The van der Waals surface area contributed by atoms with E-state index in [1.165, 1.54) is 6.21 Å². The van der Waals surface area contributed by atoms with Crippen LogP contribution in [0.15, 0.2) is 77.9 Å².